The molecule has 0 unspecified atom stereocenters. The van der Waals surface area contributed by atoms with Gasteiger partial charge in [0.25, 0.3) is 11.8 Å². The third-order valence-electron chi connectivity index (χ3n) is 4.65. The molecule has 0 aliphatic heterocycles. The molecule has 1 aromatic heterocycles. The summed E-state index contributed by atoms with van der Waals surface area (Å²) in [4.78, 5) is 35.3. The van der Waals surface area contributed by atoms with Crippen LogP contribution in [0.2, 0.25) is 0 Å². The predicted octanol–water partition coefficient (Wildman–Crippen LogP) is 2.04. The zero-order valence-corrected chi connectivity index (χ0v) is 17.8. The number of ether oxygens (including phenoxy) is 1. The predicted molar refractivity (Wildman–Crippen MR) is 114 cm³/mol. The van der Waals surface area contributed by atoms with Crippen LogP contribution in [0, 0.1) is 0 Å². The number of methoxy groups -OCH3 is 1. The third-order valence-corrected chi connectivity index (χ3v) is 4.65. The van der Waals surface area contributed by atoms with Crippen molar-refractivity contribution in [1.29, 1.82) is 0 Å². The van der Waals surface area contributed by atoms with Crippen LogP contribution >= 0.6 is 0 Å². The van der Waals surface area contributed by atoms with Crippen LogP contribution in [0.5, 0.6) is 5.75 Å². The summed E-state index contributed by atoms with van der Waals surface area (Å²) in [6.45, 7) is -0.201. The topological polar surface area (TPSA) is 128 Å². The number of nitrogens with zero attached hydrogens (tertiary/aromatic N) is 2. The van der Waals surface area contributed by atoms with Gasteiger partial charge in [-0.2, -0.15) is 18.3 Å². The second-order valence-corrected chi connectivity index (χ2v) is 7.07. The van der Waals surface area contributed by atoms with Gasteiger partial charge in [0.05, 0.1) is 31.1 Å². The fraction of sp³-hybridized carbons (Fsp3) is 0.182. The van der Waals surface area contributed by atoms with E-state index in [1.54, 1.807) is 12.1 Å². The summed E-state index contributed by atoms with van der Waals surface area (Å²) >= 11 is 0. The highest BCUT2D eigenvalue weighted by Crippen LogP contribution is 2.30. The number of benzene rings is 2. The quantitative estimate of drug-likeness (QED) is 0.459. The molecule has 2 aromatic carbocycles. The normalized spacial score (nSPS) is 11.1. The number of aromatic nitrogens is 2. The summed E-state index contributed by atoms with van der Waals surface area (Å²) in [5.41, 5.74) is 5.10. The molecule has 12 heteroatoms. The number of hydrogen-bond acceptors (Lipinski definition) is 5. The van der Waals surface area contributed by atoms with Crippen LogP contribution in [0.4, 0.5) is 13.2 Å². The van der Waals surface area contributed by atoms with Gasteiger partial charge >= 0.3 is 6.18 Å². The SMILES string of the molecule is COc1cn(-c2cccc(C(F)(F)F)c2)nc1C(=O)NCc1ccc(C(=O)NCC(N)=O)cc1. The molecule has 3 aromatic rings. The van der Waals surface area contributed by atoms with Crippen LogP contribution < -0.4 is 21.1 Å². The zero-order valence-electron chi connectivity index (χ0n) is 17.8. The summed E-state index contributed by atoms with van der Waals surface area (Å²) < 4.78 is 45.3. The highest BCUT2D eigenvalue weighted by molar-refractivity contribution is 5.96. The van der Waals surface area contributed by atoms with Crippen LogP contribution in [0.3, 0.4) is 0 Å². The molecular weight excluding hydrogens is 455 g/mol. The number of alkyl halides is 3. The summed E-state index contributed by atoms with van der Waals surface area (Å²) in [7, 11) is 1.31. The number of primary amides is 1. The lowest BCUT2D eigenvalue weighted by Crippen LogP contribution is -2.33. The number of halogens is 3. The monoisotopic (exact) mass is 475 g/mol. The number of rotatable bonds is 8. The van der Waals surface area contributed by atoms with E-state index in [0.29, 0.717) is 11.1 Å². The van der Waals surface area contributed by atoms with Crippen molar-refractivity contribution in [3.05, 3.63) is 77.1 Å². The molecule has 0 bridgehead atoms. The zero-order chi connectivity index (χ0) is 24.9. The van der Waals surface area contributed by atoms with Crippen LogP contribution in [0.15, 0.2) is 54.7 Å². The molecule has 0 atom stereocenters. The van der Waals surface area contributed by atoms with Gasteiger partial charge in [-0.05, 0) is 35.9 Å². The van der Waals surface area contributed by atoms with E-state index in [4.69, 9.17) is 10.5 Å². The molecule has 0 aliphatic carbocycles. The van der Waals surface area contributed by atoms with Crippen LogP contribution in [0.25, 0.3) is 5.69 Å². The van der Waals surface area contributed by atoms with Crippen molar-refractivity contribution >= 4 is 17.7 Å². The first-order valence-electron chi connectivity index (χ1n) is 9.83. The maximum Gasteiger partial charge on any atom is 0.416 e. The average molecular weight is 475 g/mol. The summed E-state index contributed by atoms with van der Waals surface area (Å²) in [5.74, 6) is -1.67. The molecule has 9 nitrogen and oxygen atoms in total. The van der Waals surface area contributed by atoms with Gasteiger partial charge in [-0.25, -0.2) is 4.68 Å². The number of amides is 3. The molecule has 0 fully saturated rings. The first-order valence-corrected chi connectivity index (χ1v) is 9.83. The van der Waals surface area contributed by atoms with E-state index >= 15 is 0 Å². The van der Waals surface area contributed by atoms with E-state index in [1.807, 2.05) is 0 Å². The molecule has 178 valence electrons. The average Bonchev–Trinajstić information content (AvgIpc) is 3.25. The van der Waals surface area contributed by atoms with Crippen molar-refractivity contribution in [2.24, 2.45) is 5.73 Å². The van der Waals surface area contributed by atoms with Crippen LogP contribution in [-0.2, 0) is 17.5 Å². The molecule has 0 saturated heterocycles. The molecule has 1 heterocycles. The number of nitrogens with one attached hydrogen (secondary N) is 2. The van der Waals surface area contributed by atoms with Crippen LogP contribution in [0.1, 0.15) is 32.0 Å². The van der Waals surface area contributed by atoms with Crippen molar-refractivity contribution in [2.45, 2.75) is 12.7 Å². The number of carbonyl (C=O) groups is 3. The van der Waals surface area contributed by atoms with Gasteiger partial charge in [-0.1, -0.05) is 18.2 Å². The van der Waals surface area contributed by atoms with Gasteiger partial charge in [0, 0.05) is 12.1 Å². The Balaban J connectivity index is 1.69. The summed E-state index contributed by atoms with van der Waals surface area (Å²) in [5, 5.41) is 9.08. The summed E-state index contributed by atoms with van der Waals surface area (Å²) in [6, 6.07) is 10.8. The fourth-order valence-electron chi connectivity index (χ4n) is 2.93. The van der Waals surface area contributed by atoms with E-state index in [9.17, 15) is 27.6 Å². The maximum absolute atomic E-state index is 13.0. The fourth-order valence-corrected chi connectivity index (χ4v) is 2.93. The Morgan fingerprint density at radius 2 is 1.76 bits per heavy atom. The van der Waals surface area contributed by atoms with E-state index < -0.39 is 29.5 Å². The van der Waals surface area contributed by atoms with Gasteiger partial charge < -0.3 is 21.1 Å². The van der Waals surface area contributed by atoms with Gasteiger partial charge in [0.2, 0.25) is 5.91 Å². The van der Waals surface area contributed by atoms with Gasteiger partial charge in [0.1, 0.15) is 0 Å². The Hall–Kier alpha value is -4.35. The Kier molecular flexibility index (Phi) is 7.19. The van der Waals surface area contributed by atoms with Gasteiger partial charge in [-0.15, -0.1) is 0 Å². The maximum atomic E-state index is 13.0. The van der Waals surface area contributed by atoms with Crippen molar-refractivity contribution in [3.8, 4) is 11.4 Å². The largest absolute Gasteiger partial charge is 0.493 e. The molecule has 0 spiro atoms. The molecular formula is C22H20F3N5O4. The summed E-state index contributed by atoms with van der Waals surface area (Å²) in [6.07, 6.45) is -3.21. The lowest BCUT2D eigenvalue weighted by atomic mass is 10.1. The minimum absolute atomic E-state index is 0.0800. The Morgan fingerprint density at radius 3 is 2.38 bits per heavy atom. The molecule has 0 radical (unpaired) electrons. The number of nitrogens with two attached hydrogens (primary N) is 1. The van der Waals surface area contributed by atoms with Crippen molar-refractivity contribution in [2.75, 3.05) is 13.7 Å². The number of hydrogen-bond donors (Lipinski definition) is 3. The van der Waals surface area contributed by atoms with Crippen molar-refractivity contribution in [3.63, 3.8) is 0 Å². The van der Waals surface area contributed by atoms with E-state index in [-0.39, 0.29) is 30.2 Å². The Labute approximate surface area is 191 Å². The highest BCUT2D eigenvalue weighted by atomic mass is 19.4. The molecule has 3 rings (SSSR count). The smallest absolute Gasteiger partial charge is 0.416 e. The second-order valence-electron chi connectivity index (χ2n) is 7.07. The Bertz CT molecular complexity index is 1210. The van der Waals surface area contributed by atoms with Crippen LogP contribution in [-0.4, -0.2) is 41.2 Å². The van der Waals surface area contributed by atoms with Crippen molar-refractivity contribution in [1.82, 2.24) is 20.4 Å². The van der Waals surface area contributed by atoms with Gasteiger partial charge in [-0.3, -0.25) is 14.4 Å². The molecule has 3 amide bonds. The van der Waals surface area contributed by atoms with E-state index in [1.165, 1.54) is 37.6 Å². The standard InChI is InChI=1S/C22H20F3N5O4/c1-34-17-12-30(16-4-2-3-15(9-16)22(23,24)25)29-19(17)21(33)27-10-13-5-7-14(8-6-13)20(32)28-11-18(26)31/h2-9,12H,10-11H2,1H3,(H2,26,31)(H,27,33)(H,28,32). The minimum atomic E-state index is -4.52. The first kappa shape index (κ1) is 24.3. The van der Waals surface area contributed by atoms with Gasteiger partial charge in [0.15, 0.2) is 11.4 Å². The molecule has 0 saturated carbocycles. The van der Waals surface area contributed by atoms with Crippen molar-refractivity contribution < 1.29 is 32.3 Å². The lowest BCUT2D eigenvalue weighted by Gasteiger charge is -2.08. The minimum Gasteiger partial charge on any atom is -0.493 e. The molecule has 0 aliphatic rings. The second kappa shape index (κ2) is 10.1. The molecule has 34 heavy (non-hydrogen) atoms. The first-order chi connectivity index (χ1) is 16.1. The molecule has 4 N–H and O–H groups in total. The Morgan fingerprint density at radius 1 is 1.06 bits per heavy atom. The highest BCUT2D eigenvalue weighted by Gasteiger charge is 2.30. The lowest BCUT2D eigenvalue weighted by molar-refractivity contribution is -0.137. The number of carbonyl (C=O) groups excluding carboxylic acids is 3. The van der Waals surface area contributed by atoms with E-state index in [2.05, 4.69) is 15.7 Å². The third kappa shape index (κ3) is 5.91. The van der Waals surface area contributed by atoms with E-state index in [0.717, 1.165) is 16.8 Å².